The fourth-order valence-electron chi connectivity index (χ4n) is 4.48. The van der Waals surface area contributed by atoms with Crippen molar-refractivity contribution in [2.75, 3.05) is 24.7 Å². The summed E-state index contributed by atoms with van der Waals surface area (Å²) in [5.74, 6) is -3.64. The summed E-state index contributed by atoms with van der Waals surface area (Å²) in [6.07, 6.45) is 6.32. The van der Waals surface area contributed by atoms with E-state index in [0.717, 1.165) is 25.2 Å². The average Bonchev–Trinajstić information content (AvgIpc) is 3.20. The Morgan fingerprint density at radius 3 is 2.44 bits per heavy atom. The molecule has 0 aromatic carbocycles. The number of rotatable bonds is 5. The molecule has 0 atom stereocenters. The first-order valence-electron chi connectivity index (χ1n) is 10.5. The molecule has 1 aliphatic heterocycles. The van der Waals surface area contributed by atoms with Gasteiger partial charge in [0, 0.05) is 36.2 Å². The highest BCUT2D eigenvalue weighted by molar-refractivity contribution is 7.88. The van der Waals surface area contributed by atoms with Crippen LogP contribution >= 0.6 is 0 Å². The predicted octanol–water partition coefficient (Wildman–Crippen LogP) is 1.46. The summed E-state index contributed by atoms with van der Waals surface area (Å²) in [7, 11) is 8.08. The molecular formula is C19H23B2F2N5O3S. The number of pyridine rings is 1. The summed E-state index contributed by atoms with van der Waals surface area (Å²) in [6, 6.07) is 0.787. The molecule has 1 N–H and O–H groups in total. The van der Waals surface area contributed by atoms with E-state index in [1.165, 1.54) is 15.1 Å². The summed E-state index contributed by atoms with van der Waals surface area (Å²) in [5.41, 5.74) is -2.35. The highest BCUT2D eigenvalue weighted by Crippen LogP contribution is 2.33. The third-order valence-electron chi connectivity index (χ3n) is 6.27. The summed E-state index contributed by atoms with van der Waals surface area (Å²) in [6.45, 7) is 0.495. The van der Waals surface area contributed by atoms with Gasteiger partial charge in [-0.3, -0.25) is 9.36 Å². The van der Waals surface area contributed by atoms with E-state index in [4.69, 9.17) is 15.7 Å². The van der Waals surface area contributed by atoms with E-state index < -0.39 is 32.4 Å². The second-order valence-corrected chi connectivity index (χ2v) is 10.7. The van der Waals surface area contributed by atoms with Crippen LogP contribution in [0.15, 0.2) is 17.1 Å². The lowest BCUT2D eigenvalue weighted by molar-refractivity contribution is 0.0919. The van der Waals surface area contributed by atoms with Gasteiger partial charge in [0.25, 0.3) is 5.56 Å². The number of alkyl halides is 2. The van der Waals surface area contributed by atoms with E-state index in [2.05, 4.69) is 15.3 Å². The van der Waals surface area contributed by atoms with Crippen molar-refractivity contribution < 1.29 is 17.2 Å². The van der Waals surface area contributed by atoms with Crippen molar-refractivity contribution in [2.45, 2.75) is 55.8 Å². The SMILES string of the molecule is [B]C1(Nc2ncc3cc(C([B])(F)F)c(=O)n(C4CCCC4)c3n2)CCN(S(C)(=O)=O)CC1. The number of aromatic nitrogens is 3. The minimum Gasteiger partial charge on any atom is -0.357 e. The van der Waals surface area contributed by atoms with Gasteiger partial charge in [-0.25, -0.2) is 26.5 Å². The lowest BCUT2D eigenvalue weighted by atomic mass is 9.71. The number of anilines is 1. The molecule has 4 radical (unpaired) electrons. The van der Waals surface area contributed by atoms with E-state index in [-0.39, 0.29) is 36.1 Å². The fraction of sp³-hybridized carbons (Fsp3) is 0.632. The van der Waals surface area contributed by atoms with Gasteiger partial charge in [-0.05, 0) is 31.7 Å². The molecule has 2 aromatic heterocycles. The molecule has 1 saturated heterocycles. The first-order valence-corrected chi connectivity index (χ1v) is 12.3. The Kier molecular flexibility index (Phi) is 5.85. The molecule has 0 amide bonds. The number of fused-ring (bicyclic) bond motifs is 1. The van der Waals surface area contributed by atoms with E-state index in [9.17, 15) is 22.0 Å². The molecule has 168 valence electrons. The molecule has 3 heterocycles. The maximum Gasteiger partial charge on any atom is 0.260 e. The van der Waals surface area contributed by atoms with Crippen LogP contribution in [-0.4, -0.2) is 67.7 Å². The van der Waals surface area contributed by atoms with Crippen LogP contribution in [0.4, 0.5) is 14.7 Å². The van der Waals surface area contributed by atoms with Crippen molar-refractivity contribution in [1.29, 1.82) is 0 Å². The summed E-state index contributed by atoms with van der Waals surface area (Å²) < 4.78 is 54.0. The number of halogens is 2. The predicted molar refractivity (Wildman–Crippen MR) is 119 cm³/mol. The lowest BCUT2D eigenvalue weighted by Gasteiger charge is -2.39. The van der Waals surface area contributed by atoms with Crippen LogP contribution in [0.5, 0.6) is 0 Å². The summed E-state index contributed by atoms with van der Waals surface area (Å²) >= 11 is 0. The van der Waals surface area contributed by atoms with Crippen LogP contribution in [0.1, 0.15) is 50.1 Å². The maximum absolute atomic E-state index is 13.9. The fourth-order valence-corrected chi connectivity index (χ4v) is 5.33. The van der Waals surface area contributed by atoms with Crippen molar-refractivity contribution in [2.24, 2.45) is 0 Å². The number of nitrogens with one attached hydrogen (secondary N) is 1. The Balaban J connectivity index is 1.71. The summed E-state index contributed by atoms with van der Waals surface area (Å²) in [5, 5.41) is 3.33. The molecule has 2 aromatic rings. The van der Waals surface area contributed by atoms with Gasteiger partial charge in [-0.2, -0.15) is 4.98 Å². The number of hydrogen-bond donors (Lipinski definition) is 1. The van der Waals surface area contributed by atoms with Crippen molar-refractivity contribution >= 4 is 42.7 Å². The lowest BCUT2D eigenvalue weighted by Crippen LogP contribution is -2.51. The normalized spacial score (nSPS) is 20.6. The zero-order valence-corrected chi connectivity index (χ0v) is 18.5. The Hall–Kier alpha value is -2.01. The molecule has 8 nitrogen and oxygen atoms in total. The van der Waals surface area contributed by atoms with Crippen LogP contribution < -0.4 is 10.9 Å². The van der Waals surface area contributed by atoms with Crippen LogP contribution in [0, 0.1) is 0 Å². The van der Waals surface area contributed by atoms with Gasteiger partial charge in [0.05, 0.1) is 11.8 Å². The second kappa shape index (κ2) is 8.09. The largest absolute Gasteiger partial charge is 0.357 e. The standard InChI is InChI=1S/C19H23B2F2N5O3S/c1-32(30,31)27-8-6-18(20,7-9-27)26-17-24-11-12-10-14(19(21,22)23)16(29)28(15(12)25-17)13-4-2-3-5-13/h10-11,13H,2-9H2,1H3,(H,24,25,26). The molecule has 1 aliphatic carbocycles. The Morgan fingerprint density at radius 1 is 1.25 bits per heavy atom. The average molecular weight is 461 g/mol. The Labute approximate surface area is 187 Å². The smallest absolute Gasteiger partial charge is 0.260 e. The van der Waals surface area contributed by atoms with Gasteiger partial charge in [0.15, 0.2) is 7.85 Å². The van der Waals surface area contributed by atoms with Gasteiger partial charge < -0.3 is 5.32 Å². The van der Waals surface area contributed by atoms with Crippen LogP contribution in [-0.2, 0) is 15.8 Å². The molecule has 2 fully saturated rings. The highest BCUT2D eigenvalue weighted by Gasteiger charge is 2.34. The van der Waals surface area contributed by atoms with Crippen LogP contribution in [0.3, 0.4) is 0 Å². The molecule has 1 saturated carbocycles. The minimum atomic E-state index is -3.78. The third kappa shape index (κ3) is 4.54. The molecule has 4 rings (SSSR count). The Morgan fingerprint density at radius 2 is 1.88 bits per heavy atom. The maximum atomic E-state index is 13.9. The van der Waals surface area contributed by atoms with Crippen LogP contribution in [0.2, 0.25) is 0 Å². The molecule has 2 aliphatic rings. The molecule has 0 spiro atoms. The highest BCUT2D eigenvalue weighted by atomic mass is 32.2. The molecule has 0 bridgehead atoms. The summed E-state index contributed by atoms with van der Waals surface area (Å²) in [4.78, 5) is 21.6. The number of hydrogen-bond acceptors (Lipinski definition) is 6. The van der Waals surface area contributed by atoms with Gasteiger partial charge in [-0.1, -0.05) is 12.8 Å². The van der Waals surface area contributed by atoms with E-state index >= 15 is 0 Å². The van der Waals surface area contributed by atoms with Crippen LogP contribution in [0.25, 0.3) is 11.0 Å². The first-order chi connectivity index (χ1) is 14.9. The van der Waals surface area contributed by atoms with Gasteiger partial charge in [0.2, 0.25) is 21.8 Å². The zero-order chi connectivity index (χ0) is 23.3. The molecule has 0 unspecified atom stereocenters. The van der Waals surface area contributed by atoms with Gasteiger partial charge >= 0.3 is 0 Å². The van der Waals surface area contributed by atoms with E-state index in [1.807, 2.05) is 0 Å². The zero-order valence-electron chi connectivity index (χ0n) is 17.7. The second-order valence-electron chi connectivity index (χ2n) is 8.71. The third-order valence-corrected chi connectivity index (χ3v) is 7.57. The molecule has 13 heteroatoms. The molecule has 32 heavy (non-hydrogen) atoms. The van der Waals surface area contributed by atoms with Crippen molar-refractivity contribution in [1.82, 2.24) is 18.8 Å². The van der Waals surface area contributed by atoms with Crippen molar-refractivity contribution in [3.8, 4) is 0 Å². The van der Waals surface area contributed by atoms with Crippen molar-refractivity contribution in [3.63, 3.8) is 0 Å². The molecular weight excluding hydrogens is 438 g/mol. The van der Waals surface area contributed by atoms with E-state index in [0.29, 0.717) is 25.7 Å². The first kappa shape index (κ1) is 23.2. The van der Waals surface area contributed by atoms with Gasteiger partial charge in [-0.15, -0.1) is 0 Å². The number of piperidine rings is 1. The Bertz CT molecular complexity index is 1190. The van der Waals surface area contributed by atoms with E-state index in [1.54, 1.807) is 0 Å². The minimum absolute atomic E-state index is 0.145. The quantitative estimate of drug-likeness (QED) is 0.678. The number of sulfonamides is 1. The number of nitrogens with zero attached hydrogens (tertiary/aromatic N) is 4. The monoisotopic (exact) mass is 461 g/mol. The van der Waals surface area contributed by atoms with Gasteiger partial charge in [0.1, 0.15) is 13.5 Å². The topological polar surface area (TPSA) is 97.2 Å². The van der Waals surface area contributed by atoms with Crippen molar-refractivity contribution in [3.05, 3.63) is 28.2 Å².